The van der Waals surface area contributed by atoms with Gasteiger partial charge in [0.05, 0.1) is 24.7 Å². The van der Waals surface area contributed by atoms with Crippen LogP contribution >= 0.6 is 0 Å². The lowest BCUT2D eigenvalue weighted by Crippen LogP contribution is -2.44. The van der Waals surface area contributed by atoms with Gasteiger partial charge in [-0.25, -0.2) is 9.59 Å². The van der Waals surface area contributed by atoms with Crippen LogP contribution in [0.1, 0.15) is 20.3 Å². The summed E-state index contributed by atoms with van der Waals surface area (Å²) in [5.74, 6) is -2.34. The van der Waals surface area contributed by atoms with Crippen molar-refractivity contribution in [2.45, 2.75) is 20.3 Å². The fourth-order valence-electron chi connectivity index (χ4n) is 2.51. The first kappa shape index (κ1) is 14.3. The molecule has 1 aliphatic carbocycles. The molecule has 0 radical (unpaired) electrons. The van der Waals surface area contributed by atoms with Crippen LogP contribution in [0, 0.1) is 11.8 Å². The van der Waals surface area contributed by atoms with Crippen molar-refractivity contribution in [1.29, 1.82) is 0 Å². The Kier molecular flexibility index (Phi) is 4.22. The minimum absolute atomic E-state index is 0.0831. The number of hydrogen-bond acceptors (Lipinski definition) is 5. The van der Waals surface area contributed by atoms with E-state index < -0.39 is 17.9 Å². The molecule has 0 bridgehead atoms. The number of rotatable bonds is 4. The average Bonchev–Trinajstić information content (AvgIpc) is 2.88. The van der Waals surface area contributed by atoms with Crippen LogP contribution in [0.5, 0.6) is 0 Å². The summed E-state index contributed by atoms with van der Waals surface area (Å²) < 4.78 is 9.90. The Labute approximate surface area is 116 Å². The lowest BCUT2D eigenvalue weighted by atomic mass is 9.83. The number of carbonyl (C=O) groups is 3. The lowest BCUT2D eigenvalue weighted by molar-refractivity contribution is -0.144. The van der Waals surface area contributed by atoms with Gasteiger partial charge in [0.15, 0.2) is 0 Å². The van der Waals surface area contributed by atoms with Crippen molar-refractivity contribution in [3.05, 3.63) is 23.4 Å². The molecule has 0 unspecified atom stereocenters. The third-order valence-corrected chi connectivity index (χ3v) is 3.33. The van der Waals surface area contributed by atoms with Crippen LogP contribution in [0.3, 0.4) is 0 Å². The molecule has 1 amide bonds. The van der Waals surface area contributed by atoms with E-state index >= 15 is 0 Å². The normalized spacial score (nSPS) is 24.2. The van der Waals surface area contributed by atoms with Gasteiger partial charge in [0.1, 0.15) is 5.70 Å². The van der Waals surface area contributed by atoms with Crippen LogP contribution in [0.2, 0.25) is 0 Å². The number of esters is 2. The summed E-state index contributed by atoms with van der Waals surface area (Å²) in [6, 6.07) is 0. The molecule has 1 N–H and O–H groups in total. The maximum absolute atomic E-state index is 12.1. The topological polar surface area (TPSA) is 81.7 Å². The number of hydrogen-bond donors (Lipinski definition) is 1. The highest BCUT2D eigenvalue weighted by atomic mass is 16.5. The van der Waals surface area contributed by atoms with Crippen molar-refractivity contribution < 1.29 is 23.9 Å². The average molecular weight is 279 g/mol. The molecule has 0 saturated carbocycles. The molecular formula is C14H17NO5. The minimum Gasteiger partial charge on any atom is -0.463 e. The van der Waals surface area contributed by atoms with E-state index in [0.29, 0.717) is 6.42 Å². The van der Waals surface area contributed by atoms with Gasteiger partial charge in [0.2, 0.25) is 5.91 Å². The van der Waals surface area contributed by atoms with Crippen LogP contribution < -0.4 is 5.32 Å². The molecular weight excluding hydrogens is 262 g/mol. The van der Waals surface area contributed by atoms with Gasteiger partial charge in [0.25, 0.3) is 0 Å². The SMILES string of the molecule is CCOC(=O)C1=C(C(=O)OCC)[C@H]2CC=C[C@H]2C(=O)N1. The number of nitrogens with one attached hydrogen (secondary N) is 1. The first-order valence-electron chi connectivity index (χ1n) is 6.66. The van der Waals surface area contributed by atoms with Crippen LogP contribution in [0.15, 0.2) is 23.4 Å². The molecule has 0 fully saturated rings. The highest BCUT2D eigenvalue weighted by Gasteiger charge is 2.43. The molecule has 2 aliphatic rings. The summed E-state index contributed by atoms with van der Waals surface area (Å²) in [6.45, 7) is 3.72. The molecule has 6 heteroatoms. The summed E-state index contributed by atoms with van der Waals surface area (Å²) in [5.41, 5.74) is 0.125. The minimum atomic E-state index is -0.700. The van der Waals surface area contributed by atoms with Crippen molar-refractivity contribution >= 4 is 17.8 Å². The van der Waals surface area contributed by atoms with Gasteiger partial charge in [-0.15, -0.1) is 0 Å². The van der Waals surface area contributed by atoms with E-state index in [2.05, 4.69) is 5.32 Å². The van der Waals surface area contributed by atoms with Gasteiger partial charge in [-0.05, 0) is 20.3 Å². The predicted molar refractivity (Wildman–Crippen MR) is 69.2 cm³/mol. The van der Waals surface area contributed by atoms with Crippen LogP contribution in [0.25, 0.3) is 0 Å². The quantitative estimate of drug-likeness (QED) is 0.605. The van der Waals surface area contributed by atoms with E-state index in [1.165, 1.54) is 0 Å². The van der Waals surface area contributed by atoms with Crippen molar-refractivity contribution in [1.82, 2.24) is 5.32 Å². The summed E-state index contributed by atoms with van der Waals surface area (Å²) in [5, 5.41) is 2.48. The largest absolute Gasteiger partial charge is 0.463 e. The second-order valence-electron chi connectivity index (χ2n) is 4.51. The zero-order valence-electron chi connectivity index (χ0n) is 11.5. The fourth-order valence-corrected chi connectivity index (χ4v) is 2.51. The third-order valence-electron chi connectivity index (χ3n) is 3.33. The highest BCUT2D eigenvalue weighted by molar-refractivity contribution is 6.06. The summed E-state index contributed by atoms with van der Waals surface area (Å²) in [6.07, 6.45) is 4.12. The molecule has 0 aromatic carbocycles. The first-order chi connectivity index (χ1) is 9.60. The maximum Gasteiger partial charge on any atom is 0.355 e. The summed E-state index contributed by atoms with van der Waals surface area (Å²) in [7, 11) is 0. The molecule has 0 spiro atoms. The van der Waals surface area contributed by atoms with E-state index in [4.69, 9.17) is 9.47 Å². The standard InChI is InChI=1S/C14H17NO5/c1-3-19-13(17)10-8-6-5-7-9(8)12(16)15-11(10)14(18)20-4-2/h5,7-9H,3-4,6H2,1-2H3,(H,15,16)/t8-,9+/m0/s1. The van der Waals surface area contributed by atoms with E-state index in [9.17, 15) is 14.4 Å². The predicted octanol–water partition coefficient (Wildman–Crippen LogP) is 0.689. The lowest BCUT2D eigenvalue weighted by Gasteiger charge is -2.28. The van der Waals surface area contributed by atoms with Crippen molar-refractivity contribution in [3.63, 3.8) is 0 Å². The number of ether oxygens (including phenoxy) is 2. The van der Waals surface area contributed by atoms with Gasteiger partial charge < -0.3 is 14.8 Å². The van der Waals surface area contributed by atoms with Gasteiger partial charge in [-0.1, -0.05) is 12.2 Å². The van der Waals surface area contributed by atoms with E-state index in [-0.39, 0.29) is 36.3 Å². The van der Waals surface area contributed by atoms with Crippen molar-refractivity contribution in [3.8, 4) is 0 Å². The number of amides is 1. The molecule has 2 rings (SSSR count). The van der Waals surface area contributed by atoms with Gasteiger partial charge in [0, 0.05) is 5.92 Å². The van der Waals surface area contributed by atoms with Crippen molar-refractivity contribution in [2.75, 3.05) is 13.2 Å². The zero-order valence-corrected chi connectivity index (χ0v) is 11.5. The first-order valence-corrected chi connectivity index (χ1v) is 6.66. The maximum atomic E-state index is 12.1. The molecule has 1 aliphatic heterocycles. The number of carbonyl (C=O) groups excluding carboxylic acids is 3. The zero-order chi connectivity index (χ0) is 14.7. The number of allylic oxidation sites excluding steroid dienone is 1. The Morgan fingerprint density at radius 2 is 1.90 bits per heavy atom. The van der Waals surface area contributed by atoms with Crippen LogP contribution in [0.4, 0.5) is 0 Å². The van der Waals surface area contributed by atoms with E-state index in [1.807, 2.05) is 6.08 Å². The number of fused-ring (bicyclic) bond motifs is 1. The molecule has 0 aromatic heterocycles. The third kappa shape index (κ3) is 2.45. The molecule has 108 valence electrons. The Morgan fingerprint density at radius 3 is 2.55 bits per heavy atom. The molecule has 0 aromatic rings. The van der Waals surface area contributed by atoms with Gasteiger partial charge in [-0.3, -0.25) is 4.79 Å². The molecule has 1 heterocycles. The van der Waals surface area contributed by atoms with E-state index in [1.54, 1.807) is 19.9 Å². The van der Waals surface area contributed by atoms with E-state index in [0.717, 1.165) is 0 Å². The summed E-state index contributed by atoms with van der Waals surface area (Å²) in [4.78, 5) is 36.0. The van der Waals surface area contributed by atoms with Crippen molar-refractivity contribution in [2.24, 2.45) is 11.8 Å². The van der Waals surface area contributed by atoms with Crippen LogP contribution in [-0.4, -0.2) is 31.1 Å². The molecule has 6 nitrogen and oxygen atoms in total. The monoisotopic (exact) mass is 279 g/mol. The smallest absolute Gasteiger partial charge is 0.355 e. The van der Waals surface area contributed by atoms with Gasteiger partial charge >= 0.3 is 11.9 Å². The molecule has 2 atom stereocenters. The van der Waals surface area contributed by atoms with Crippen LogP contribution in [-0.2, 0) is 23.9 Å². The second kappa shape index (κ2) is 5.90. The Morgan fingerprint density at radius 1 is 1.25 bits per heavy atom. The Hall–Kier alpha value is -2.11. The molecule has 20 heavy (non-hydrogen) atoms. The highest BCUT2D eigenvalue weighted by Crippen LogP contribution is 2.37. The molecule has 0 saturated heterocycles. The Balaban J connectivity index is 2.42. The fraction of sp³-hybridized carbons (Fsp3) is 0.500. The second-order valence-corrected chi connectivity index (χ2v) is 4.51. The Bertz CT molecular complexity index is 506. The summed E-state index contributed by atoms with van der Waals surface area (Å²) >= 11 is 0. The van der Waals surface area contributed by atoms with Gasteiger partial charge in [-0.2, -0.15) is 0 Å².